The summed E-state index contributed by atoms with van der Waals surface area (Å²) >= 11 is 0. The number of likely N-dealkylation sites (N-methyl/N-ethyl adjacent to an activating group) is 1. The number of sulfonamides is 1. The highest BCUT2D eigenvalue weighted by Crippen LogP contribution is 2.43. The van der Waals surface area contributed by atoms with Crippen molar-refractivity contribution in [3.8, 4) is 11.5 Å². The number of rotatable bonds is 4. The van der Waals surface area contributed by atoms with Gasteiger partial charge in [-0.15, -0.1) is 0 Å². The monoisotopic (exact) mass is 535 g/mol. The van der Waals surface area contributed by atoms with E-state index in [2.05, 4.69) is 15.2 Å². The first kappa shape index (κ1) is 24.6. The van der Waals surface area contributed by atoms with Crippen molar-refractivity contribution in [1.82, 2.24) is 29.4 Å². The Hall–Kier alpha value is -3.77. The number of anilines is 1. The smallest absolute Gasteiger partial charge is 0.253 e. The molecule has 2 amide bonds. The first-order valence-corrected chi connectivity index (χ1v) is 14.4. The fraction of sp³-hybridized carbons (Fsp3) is 0.385. The summed E-state index contributed by atoms with van der Waals surface area (Å²) in [6.07, 6.45) is 1.19. The zero-order valence-electron chi connectivity index (χ0n) is 21.7. The van der Waals surface area contributed by atoms with E-state index >= 15 is 0 Å². The van der Waals surface area contributed by atoms with Gasteiger partial charge >= 0.3 is 0 Å². The van der Waals surface area contributed by atoms with Gasteiger partial charge in [-0.25, -0.2) is 13.4 Å². The molecular weight excluding hydrogens is 506 g/mol. The molecule has 0 radical (unpaired) electrons. The molecule has 38 heavy (non-hydrogen) atoms. The van der Waals surface area contributed by atoms with Gasteiger partial charge in [0.25, 0.3) is 5.91 Å². The van der Waals surface area contributed by atoms with Crippen molar-refractivity contribution in [2.24, 2.45) is 0 Å². The number of amides is 2. The van der Waals surface area contributed by atoms with Crippen LogP contribution in [-0.4, -0.2) is 88.6 Å². The summed E-state index contributed by atoms with van der Waals surface area (Å²) < 4.78 is 25.0. The summed E-state index contributed by atoms with van der Waals surface area (Å²) in [5, 5.41) is 8.25. The average molecular weight is 536 g/mol. The Bertz CT molecular complexity index is 1730. The Kier molecular flexibility index (Phi) is 5.41. The van der Waals surface area contributed by atoms with Crippen LogP contribution in [0.2, 0.25) is 0 Å². The quantitative estimate of drug-likeness (QED) is 0.412. The minimum absolute atomic E-state index is 0.0797. The number of imidazole rings is 1. The van der Waals surface area contributed by atoms with Crippen molar-refractivity contribution in [2.45, 2.75) is 26.2 Å². The lowest BCUT2D eigenvalue weighted by Crippen LogP contribution is -2.50. The van der Waals surface area contributed by atoms with E-state index in [1.165, 1.54) is 10.6 Å². The molecule has 0 atom stereocenters. The van der Waals surface area contributed by atoms with E-state index in [0.717, 1.165) is 33.2 Å². The number of aromatic amines is 2. The normalized spacial score (nSPS) is 18.1. The van der Waals surface area contributed by atoms with E-state index in [0.29, 0.717) is 36.7 Å². The van der Waals surface area contributed by atoms with Gasteiger partial charge in [0, 0.05) is 43.7 Å². The molecule has 6 rings (SSSR count). The van der Waals surface area contributed by atoms with Crippen LogP contribution in [0.5, 0.6) is 0 Å². The minimum atomic E-state index is -3.27. The number of hydrogen-bond acceptors (Lipinski definition) is 6. The number of nitrogens with one attached hydrogen (secondary N) is 2. The zero-order valence-corrected chi connectivity index (χ0v) is 22.5. The summed E-state index contributed by atoms with van der Waals surface area (Å²) in [6.45, 7) is 7.66. The molecule has 2 aliphatic heterocycles. The second-order valence-corrected chi connectivity index (χ2v) is 12.4. The minimum Gasteiger partial charge on any atom is -0.337 e. The van der Waals surface area contributed by atoms with E-state index in [4.69, 9.17) is 4.98 Å². The lowest BCUT2D eigenvalue weighted by atomic mass is 9.86. The first-order valence-electron chi connectivity index (χ1n) is 12.6. The maximum absolute atomic E-state index is 13.2. The van der Waals surface area contributed by atoms with Crippen molar-refractivity contribution in [3.05, 3.63) is 41.5 Å². The highest BCUT2D eigenvalue weighted by Gasteiger charge is 2.43. The van der Waals surface area contributed by atoms with Gasteiger partial charge in [-0.3, -0.25) is 14.7 Å². The number of fused-ring (bicyclic) bond motifs is 3. The topological polar surface area (TPSA) is 135 Å². The number of aromatic nitrogens is 4. The van der Waals surface area contributed by atoms with E-state index in [-0.39, 0.29) is 24.9 Å². The van der Waals surface area contributed by atoms with Gasteiger partial charge < -0.3 is 14.8 Å². The number of carbonyl (C=O) groups is 2. The fourth-order valence-corrected chi connectivity index (χ4v) is 6.32. The zero-order chi connectivity index (χ0) is 27.0. The lowest BCUT2D eigenvalue weighted by Gasteiger charge is -2.33. The fourth-order valence-electron chi connectivity index (χ4n) is 5.49. The van der Waals surface area contributed by atoms with Crippen LogP contribution in [0.4, 0.5) is 5.69 Å². The molecule has 0 aliphatic carbocycles. The molecule has 4 heterocycles. The summed E-state index contributed by atoms with van der Waals surface area (Å²) in [5.74, 6) is 0.490. The van der Waals surface area contributed by atoms with Crippen LogP contribution in [0.15, 0.2) is 30.3 Å². The average Bonchev–Trinajstić information content (AvgIpc) is 3.54. The Morgan fingerprint density at radius 2 is 1.82 bits per heavy atom. The number of hydrogen-bond donors (Lipinski definition) is 2. The maximum atomic E-state index is 13.2. The van der Waals surface area contributed by atoms with Gasteiger partial charge in [-0.05, 0) is 56.7 Å². The Balaban J connectivity index is 1.34. The van der Waals surface area contributed by atoms with Crippen molar-refractivity contribution < 1.29 is 18.0 Å². The number of nitrogens with zero attached hydrogens (tertiary/aromatic N) is 5. The largest absolute Gasteiger partial charge is 0.337 e. The van der Waals surface area contributed by atoms with Crippen molar-refractivity contribution >= 4 is 49.5 Å². The molecule has 4 aromatic rings. The number of benzene rings is 2. The second-order valence-electron chi connectivity index (χ2n) is 10.4. The SMILES string of the molecule is CCN1C(=O)C(C)(C)c2cc3nc(-c4n[nH]c5ccc(C(=O)N6CCN(S(C)(=O)=O)CC6)cc45)[nH]c3cc21. The molecule has 2 aliphatic rings. The molecule has 1 fully saturated rings. The Morgan fingerprint density at radius 3 is 2.50 bits per heavy atom. The van der Waals surface area contributed by atoms with Gasteiger partial charge in [0.1, 0.15) is 5.69 Å². The van der Waals surface area contributed by atoms with Crippen LogP contribution in [0, 0.1) is 0 Å². The summed E-state index contributed by atoms with van der Waals surface area (Å²) in [5.41, 5.74) is 4.62. The third kappa shape index (κ3) is 3.70. The van der Waals surface area contributed by atoms with Crippen LogP contribution < -0.4 is 4.90 Å². The third-order valence-electron chi connectivity index (χ3n) is 7.69. The van der Waals surface area contributed by atoms with Crippen LogP contribution in [0.1, 0.15) is 36.7 Å². The van der Waals surface area contributed by atoms with Crippen LogP contribution in [0.25, 0.3) is 33.5 Å². The predicted octanol–water partition coefficient (Wildman–Crippen LogP) is 2.47. The third-order valence-corrected chi connectivity index (χ3v) is 8.99. The molecule has 11 nitrogen and oxygen atoms in total. The molecule has 12 heteroatoms. The van der Waals surface area contributed by atoms with E-state index in [9.17, 15) is 18.0 Å². The van der Waals surface area contributed by atoms with Gasteiger partial charge in [0.2, 0.25) is 15.9 Å². The molecule has 0 spiro atoms. The van der Waals surface area contributed by atoms with Crippen LogP contribution in [0.3, 0.4) is 0 Å². The molecule has 0 saturated carbocycles. The van der Waals surface area contributed by atoms with Gasteiger partial charge in [-0.1, -0.05) is 0 Å². The molecule has 0 bridgehead atoms. The Morgan fingerprint density at radius 1 is 1.08 bits per heavy atom. The van der Waals surface area contributed by atoms with Gasteiger partial charge in [-0.2, -0.15) is 9.40 Å². The lowest BCUT2D eigenvalue weighted by molar-refractivity contribution is -0.122. The highest BCUT2D eigenvalue weighted by molar-refractivity contribution is 7.88. The van der Waals surface area contributed by atoms with Crippen LogP contribution >= 0.6 is 0 Å². The molecule has 0 unspecified atom stereocenters. The molecule has 2 N–H and O–H groups in total. The van der Waals surface area contributed by atoms with E-state index in [1.807, 2.05) is 39.0 Å². The number of H-pyrrole nitrogens is 2. The standard InChI is InChI=1S/C26H29N7O4S/c1-5-33-21-14-20-19(13-17(21)26(2,3)25(33)35)27-23(28-20)22-16-12-15(6-7-18(16)29-30-22)24(34)31-8-10-32(11-9-31)38(4,36)37/h6-7,12-14H,5,8-11H2,1-4H3,(H,27,28)(H,29,30). The highest BCUT2D eigenvalue weighted by atomic mass is 32.2. The first-order chi connectivity index (χ1) is 18.0. The van der Waals surface area contributed by atoms with E-state index in [1.54, 1.807) is 21.9 Å². The molecule has 2 aromatic carbocycles. The van der Waals surface area contributed by atoms with E-state index < -0.39 is 15.4 Å². The molecule has 198 valence electrons. The summed E-state index contributed by atoms with van der Waals surface area (Å²) in [4.78, 5) is 37.8. The van der Waals surface area contributed by atoms with Crippen molar-refractivity contribution in [1.29, 1.82) is 0 Å². The number of carbonyl (C=O) groups excluding carboxylic acids is 2. The van der Waals surface area contributed by atoms with Crippen molar-refractivity contribution in [3.63, 3.8) is 0 Å². The second kappa shape index (κ2) is 8.37. The van der Waals surface area contributed by atoms with Gasteiger partial charge in [0.05, 0.1) is 33.9 Å². The Labute approximate surface area is 219 Å². The summed E-state index contributed by atoms with van der Waals surface area (Å²) in [7, 11) is -3.27. The molecular formula is C26H29N7O4S. The van der Waals surface area contributed by atoms with Crippen molar-refractivity contribution in [2.75, 3.05) is 43.9 Å². The van der Waals surface area contributed by atoms with Gasteiger partial charge in [0.15, 0.2) is 5.82 Å². The number of piperazine rings is 1. The van der Waals surface area contributed by atoms with Crippen LogP contribution in [-0.2, 0) is 20.2 Å². The summed E-state index contributed by atoms with van der Waals surface area (Å²) in [6, 6.07) is 9.30. The molecule has 1 saturated heterocycles. The predicted molar refractivity (Wildman–Crippen MR) is 145 cm³/mol. The molecule has 2 aromatic heterocycles. The maximum Gasteiger partial charge on any atom is 0.253 e.